The van der Waals surface area contributed by atoms with Gasteiger partial charge in [0.2, 0.25) is 0 Å². The quantitative estimate of drug-likeness (QED) is 0.0631. The number of carbonyl (C=O) groups excluding carboxylic acids is 1. The van der Waals surface area contributed by atoms with Crippen LogP contribution in [0.3, 0.4) is 0 Å². The summed E-state index contributed by atoms with van der Waals surface area (Å²) in [7, 11) is 3.33. The highest BCUT2D eigenvalue weighted by Gasteiger charge is 2.46. The predicted octanol–water partition coefficient (Wildman–Crippen LogP) is 11.7. The van der Waals surface area contributed by atoms with Crippen LogP contribution in [0.1, 0.15) is 55.6 Å². The molecule has 10 rings (SSSR count). The van der Waals surface area contributed by atoms with E-state index >= 15 is 0 Å². The third kappa shape index (κ3) is 10.6. The third-order valence-electron chi connectivity index (χ3n) is 12.6. The fourth-order valence-corrected chi connectivity index (χ4v) is 11.3. The van der Waals surface area contributed by atoms with Crippen LogP contribution >= 0.6 is 47.2 Å². The molecule has 0 saturated carbocycles. The normalized spacial score (nSPS) is 24.5. The van der Waals surface area contributed by atoms with Crippen LogP contribution in [0, 0.1) is 23.7 Å². The van der Waals surface area contributed by atoms with Crippen LogP contribution in [0.15, 0.2) is 117 Å². The molecule has 0 aliphatic carbocycles. The second-order valence-electron chi connectivity index (χ2n) is 15.8. The maximum absolute atomic E-state index is 12.7. The molecule has 0 spiro atoms. The van der Waals surface area contributed by atoms with Crippen LogP contribution in [0.4, 0.5) is 4.79 Å². The fourth-order valence-electron chi connectivity index (χ4n) is 9.38. The first kappa shape index (κ1) is 47.3. The Balaban J connectivity index is 0.000000168. The molecule has 2 aromatic heterocycles. The van der Waals surface area contributed by atoms with Crippen LogP contribution in [0.5, 0.6) is 17.2 Å². The number of aromatic nitrogens is 2. The van der Waals surface area contributed by atoms with E-state index in [0.29, 0.717) is 35.3 Å². The molecule has 9 nitrogen and oxygen atoms in total. The highest BCUT2D eigenvalue weighted by Crippen LogP contribution is 2.50. The zero-order chi connectivity index (χ0) is 43.0. The minimum absolute atomic E-state index is 0. The maximum Gasteiger partial charge on any atom is 0.282 e. The van der Waals surface area contributed by atoms with E-state index in [2.05, 4.69) is 46.3 Å². The maximum atomic E-state index is 12.7. The van der Waals surface area contributed by atoms with Crippen molar-refractivity contribution in [3.63, 3.8) is 0 Å². The number of hydrogen-bond acceptors (Lipinski definition) is 10. The molecular weight excluding hydrogens is 860 g/mol. The minimum atomic E-state index is -0.504. The first-order valence-electron chi connectivity index (χ1n) is 20.6. The summed E-state index contributed by atoms with van der Waals surface area (Å²) in [6.07, 6.45) is 11.4. The average Bonchev–Trinajstić information content (AvgIpc) is 3.63. The Kier molecular flexibility index (Phi) is 16.7. The van der Waals surface area contributed by atoms with Crippen LogP contribution in [0.25, 0.3) is 21.8 Å². The molecule has 5 fully saturated rings. The number of thiocarbonyl (C=S) groups is 1. The average molecular weight is 916 g/mol. The summed E-state index contributed by atoms with van der Waals surface area (Å²) in [5, 5.41) is 13.5. The van der Waals surface area contributed by atoms with Gasteiger partial charge in [0.1, 0.15) is 17.2 Å². The highest BCUT2D eigenvalue weighted by molar-refractivity contribution is 8.14. The number of benzene rings is 3. The van der Waals surface area contributed by atoms with Gasteiger partial charge in [0, 0.05) is 54.2 Å². The standard InChI is InChI=1S/C21H23ClN2O2S.C20H24N2O2.C7H5ClOS.CH4/c1-3-13(12-22)14-7-9-24-19(10-14)20(27-21(24)25)16-6-8-23-18-5-4-15(26-2)11-17(16)18;1-3-13-12-22-9-7-14(13)10-19(22)20(23)16-6-8-21-18-5-4-15(24-2)11-17(16)18;8-7(10)9-6-4-2-1-3-5-6;/h3-6,8,11,13-14,19-20H,1,7,9-10,12H2,2H3;3-6,8,11,13-14,19-20,23H,1,7,9-10,12H2,2H3;1-5H;1H4/t13-,14-,19-,20-;13?,14?,19-,20+;;/m00../s1. The fraction of sp³-hybridized carbons (Fsp3) is 0.388. The number of aliphatic hydroxyl groups is 1. The number of hydrogen-bond donors (Lipinski definition) is 1. The topological polar surface area (TPSA) is 97.3 Å². The Labute approximate surface area is 385 Å². The number of halogens is 2. The van der Waals surface area contributed by atoms with Crippen molar-refractivity contribution in [3.8, 4) is 17.2 Å². The van der Waals surface area contributed by atoms with Gasteiger partial charge in [0.25, 0.3) is 9.75 Å². The zero-order valence-electron chi connectivity index (χ0n) is 34.4. The van der Waals surface area contributed by atoms with Gasteiger partial charge in [-0.3, -0.25) is 19.7 Å². The van der Waals surface area contributed by atoms with Crippen molar-refractivity contribution < 1.29 is 24.1 Å². The number of carbonyl (C=O) groups is 1. The molecule has 1 N–H and O–H groups in total. The van der Waals surface area contributed by atoms with Crippen molar-refractivity contribution >= 4 is 78.7 Å². The summed E-state index contributed by atoms with van der Waals surface area (Å²) in [5.74, 6) is 4.83. The van der Waals surface area contributed by atoms with Crippen LogP contribution in [-0.4, -0.2) is 86.4 Å². The first-order chi connectivity index (χ1) is 29.7. The molecule has 5 aliphatic heterocycles. The molecule has 5 saturated heterocycles. The Bertz CT molecular complexity index is 2340. The van der Waals surface area contributed by atoms with Gasteiger partial charge in [-0.05, 0) is 152 Å². The highest BCUT2D eigenvalue weighted by atomic mass is 35.5. The Hall–Kier alpha value is -4.23. The zero-order valence-corrected chi connectivity index (χ0v) is 37.6. The van der Waals surface area contributed by atoms with E-state index in [0.717, 1.165) is 83.3 Å². The van der Waals surface area contributed by atoms with Gasteiger partial charge in [-0.2, -0.15) is 0 Å². The molecule has 3 unspecified atom stereocenters. The second kappa shape index (κ2) is 21.9. The number of fused-ring (bicyclic) bond motifs is 6. The van der Waals surface area contributed by atoms with Crippen molar-refractivity contribution in [3.05, 3.63) is 128 Å². The van der Waals surface area contributed by atoms with Crippen LogP contribution in [-0.2, 0) is 0 Å². The van der Waals surface area contributed by atoms with Crippen LogP contribution in [0.2, 0.25) is 0 Å². The van der Waals surface area contributed by atoms with Gasteiger partial charge < -0.3 is 24.2 Å². The number of piperidine rings is 4. The first-order valence-corrected chi connectivity index (χ1v) is 22.8. The van der Waals surface area contributed by atoms with Gasteiger partial charge in [0.05, 0.1) is 36.6 Å². The number of aliphatic hydroxyl groups excluding tert-OH is 1. The van der Waals surface area contributed by atoms with Gasteiger partial charge in [-0.1, -0.05) is 49.5 Å². The Morgan fingerprint density at radius 1 is 0.935 bits per heavy atom. The molecule has 0 radical (unpaired) electrons. The molecule has 5 aliphatic rings. The number of rotatable bonds is 10. The smallest absolute Gasteiger partial charge is 0.282 e. The van der Waals surface area contributed by atoms with Crippen molar-refractivity contribution in [1.82, 2.24) is 19.8 Å². The van der Waals surface area contributed by atoms with E-state index in [4.69, 9.17) is 37.4 Å². The minimum Gasteiger partial charge on any atom is -0.497 e. The van der Waals surface area contributed by atoms with E-state index in [-0.39, 0.29) is 34.5 Å². The van der Waals surface area contributed by atoms with Gasteiger partial charge in [-0.15, -0.1) is 24.8 Å². The summed E-state index contributed by atoms with van der Waals surface area (Å²) in [5.41, 5.74) is 3.93. The number of alkyl halides is 1. The molecule has 1 amide bonds. The number of pyridine rings is 2. The lowest BCUT2D eigenvalue weighted by Gasteiger charge is -2.50. The van der Waals surface area contributed by atoms with Crippen molar-refractivity contribution in [2.24, 2.45) is 23.7 Å². The molecule has 2 bridgehead atoms. The molecule has 328 valence electrons. The number of allylic oxidation sites excluding steroid dienone is 1. The third-order valence-corrected chi connectivity index (χ3v) is 14.4. The summed E-state index contributed by atoms with van der Waals surface area (Å²) in [6, 6.07) is 25.3. The largest absolute Gasteiger partial charge is 0.497 e. The number of amides is 1. The number of nitrogens with zero attached hydrogens (tertiary/aromatic N) is 4. The van der Waals surface area contributed by atoms with Gasteiger partial charge in [0.15, 0.2) is 0 Å². The van der Waals surface area contributed by atoms with Crippen molar-refractivity contribution in [2.75, 3.05) is 39.7 Å². The van der Waals surface area contributed by atoms with E-state index < -0.39 is 6.10 Å². The summed E-state index contributed by atoms with van der Waals surface area (Å²) in [4.78, 5) is 26.1. The molecular formula is C49H56Cl2N4O5S2. The van der Waals surface area contributed by atoms with Gasteiger partial charge in [-0.25, -0.2) is 0 Å². The number of thioether (sulfide) groups is 1. The molecule has 9 atom stereocenters. The lowest BCUT2D eigenvalue weighted by molar-refractivity contribution is -0.0444. The number of methoxy groups -OCH3 is 2. The Morgan fingerprint density at radius 3 is 2.23 bits per heavy atom. The van der Waals surface area contributed by atoms with Gasteiger partial charge >= 0.3 is 0 Å². The Morgan fingerprint density at radius 2 is 1.61 bits per heavy atom. The molecule has 7 heterocycles. The van der Waals surface area contributed by atoms with E-state index in [1.54, 1.807) is 32.5 Å². The van der Waals surface area contributed by atoms with E-state index in [1.807, 2.05) is 83.9 Å². The molecule has 13 heteroatoms. The summed E-state index contributed by atoms with van der Waals surface area (Å²) in [6.45, 7) is 10.8. The lowest BCUT2D eigenvalue weighted by Crippen LogP contribution is -2.54. The number of para-hydroxylation sites is 1. The van der Waals surface area contributed by atoms with Crippen LogP contribution < -0.4 is 14.2 Å². The van der Waals surface area contributed by atoms with E-state index in [1.165, 1.54) is 18.2 Å². The van der Waals surface area contributed by atoms with Crippen molar-refractivity contribution in [1.29, 1.82) is 0 Å². The number of ether oxygens (including phenoxy) is 3. The summed E-state index contributed by atoms with van der Waals surface area (Å²) < 4.78 is 15.7. The predicted molar refractivity (Wildman–Crippen MR) is 259 cm³/mol. The molecule has 3 aromatic carbocycles. The molecule has 5 aromatic rings. The summed E-state index contributed by atoms with van der Waals surface area (Å²) >= 11 is 17.4. The monoisotopic (exact) mass is 914 g/mol. The second-order valence-corrected chi connectivity index (χ2v) is 18.2. The van der Waals surface area contributed by atoms with E-state index in [9.17, 15) is 9.90 Å². The van der Waals surface area contributed by atoms with Crippen molar-refractivity contribution in [2.45, 2.75) is 56.5 Å². The lowest BCUT2D eigenvalue weighted by atomic mass is 9.73. The SMILES string of the molecule is C.C=CC1CN2CCC1C[C@H]2[C@H](O)c1ccnc2ccc(OC)cc12.C=C[C@@H](CCl)[C@H]1CCN2C(=O)S[C@@H](c3ccnc4ccc(OC)cc34)[C@@H]2C1.S=C(Cl)Oc1ccccc1. The molecule has 62 heavy (non-hydrogen) atoms.